The van der Waals surface area contributed by atoms with Crippen molar-refractivity contribution in [3.63, 3.8) is 0 Å². The van der Waals surface area contributed by atoms with Gasteiger partial charge in [0.25, 0.3) is 0 Å². The fourth-order valence-corrected chi connectivity index (χ4v) is 1.52. The molecule has 0 aliphatic heterocycles. The van der Waals surface area contributed by atoms with Gasteiger partial charge in [-0.15, -0.1) is 0 Å². The molecule has 0 aliphatic carbocycles. The van der Waals surface area contributed by atoms with Crippen molar-refractivity contribution in [1.29, 1.82) is 0 Å². The second kappa shape index (κ2) is 5.75. The Hall–Kier alpha value is -0.450. The van der Waals surface area contributed by atoms with E-state index in [1.807, 2.05) is 6.92 Å². The van der Waals surface area contributed by atoms with Crippen LogP contribution in [-0.4, -0.2) is 40.4 Å². The summed E-state index contributed by atoms with van der Waals surface area (Å²) in [6.07, 6.45) is -0.626. The van der Waals surface area contributed by atoms with Gasteiger partial charge in [-0.2, -0.15) is 0 Å². The van der Waals surface area contributed by atoms with Crippen LogP contribution >= 0.6 is 0 Å². The van der Waals surface area contributed by atoms with Crippen LogP contribution in [0.1, 0.15) is 40.5 Å². The van der Waals surface area contributed by atoms with Gasteiger partial charge in [-0.25, -0.2) is 0 Å². The molecule has 0 spiro atoms. The monoisotopic (exact) mass is 232 g/mol. The molecular formula is C12H24O4. The Labute approximate surface area is 97.3 Å². The maximum absolute atomic E-state index is 11.0. The molecule has 0 heterocycles. The van der Waals surface area contributed by atoms with Crippen LogP contribution in [-0.2, 0) is 4.79 Å². The quantitative estimate of drug-likeness (QED) is 0.566. The molecule has 3 N–H and O–H groups in total. The molecule has 0 bridgehead atoms. The Morgan fingerprint density at radius 2 is 1.62 bits per heavy atom. The fraction of sp³-hybridized carbons (Fsp3) is 0.917. The lowest BCUT2D eigenvalue weighted by atomic mass is 9.71. The van der Waals surface area contributed by atoms with Crippen LogP contribution < -0.4 is 0 Å². The number of aliphatic hydroxyl groups is 3. The van der Waals surface area contributed by atoms with E-state index in [4.69, 9.17) is 0 Å². The van der Waals surface area contributed by atoms with Gasteiger partial charge in [0, 0.05) is 5.41 Å². The molecule has 4 heteroatoms. The molecule has 0 aromatic carbocycles. The molecule has 0 radical (unpaired) electrons. The van der Waals surface area contributed by atoms with E-state index in [1.54, 1.807) is 20.8 Å². The highest BCUT2D eigenvalue weighted by atomic mass is 16.3. The fourth-order valence-electron chi connectivity index (χ4n) is 1.52. The zero-order valence-corrected chi connectivity index (χ0v) is 10.6. The lowest BCUT2D eigenvalue weighted by Gasteiger charge is -2.40. The Balaban J connectivity index is 4.97. The zero-order chi connectivity index (χ0) is 13.0. The van der Waals surface area contributed by atoms with Crippen molar-refractivity contribution in [3.8, 4) is 0 Å². The summed E-state index contributed by atoms with van der Waals surface area (Å²) >= 11 is 0. The molecule has 0 rings (SSSR count). The second-order valence-electron chi connectivity index (χ2n) is 5.03. The van der Waals surface area contributed by atoms with E-state index >= 15 is 0 Å². The number of aliphatic hydroxyl groups excluding tert-OH is 3. The summed E-state index contributed by atoms with van der Waals surface area (Å²) in [5.41, 5.74) is -1.75. The number of carbonyl (C=O) groups is 1. The molecule has 0 saturated carbocycles. The SMILES string of the molecule is CCC(C)(C=O)C(O)C(O)C(C)(CC)CO. The van der Waals surface area contributed by atoms with Crippen molar-refractivity contribution in [2.75, 3.05) is 6.61 Å². The number of hydrogen-bond acceptors (Lipinski definition) is 4. The van der Waals surface area contributed by atoms with Gasteiger partial charge in [0.15, 0.2) is 0 Å². The molecule has 0 aromatic rings. The molecule has 0 aromatic heterocycles. The third-order valence-corrected chi connectivity index (χ3v) is 3.89. The van der Waals surface area contributed by atoms with Crippen molar-refractivity contribution in [1.82, 2.24) is 0 Å². The van der Waals surface area contributed by atoms with Crippen LogP contribution in [0, 0.1) is 10.8 Å². The first-order chi connectivity index (χ1) is 7.31. The predicted octanol–water partition coefficient (Wildman–Crippen LogP) is 0.732. The van der Waals surface area contributed by atoms with E-state index in [0.717, 1.165) is 0 Å². The summed E-state index contributed by atoms with van der Waals surface area (Å²) in [5.74, 6) is 0. The maximum Gasteiger partial charge on any atom is 0.128 e. The zero-order valence-electron chi connectivity index (χ0n) is 10.6. The largest absolute Gasteiger partial charge is 0.396 e. The lowest BCUT2D eigenvalue weighted by Crippen LogP contribution is -2.51. The van der Waals surface area contributed by atoms with Crippen molar-refractivity contribution in [2.45, 2.75) is 52.7 Å². The minimum Gasteiger partial charge on any atom is -0.396 e. The third-order valence-electron chi connectivity index (χ3n) is 3.89. The van der Waals surface area contributed by atoms with Gasteiger partial charge in [-0.05, 0) is 12.8 Å². The normalized spacial score (nSPS) is 22.9. The molecule has 4 nitrogen and oxygen atoms in total. The summed E-state index contributed by atoms with van der Waals surface area (Å²) < 4.78 is 0. The lowest BCUT2D eigenvalue weighted by molar-refractivity contribution is -0.143. The smallest absolute Gasteiger partial charge is 0.128 e. The highest BCUT2D eigenvalue weighted by molar-refractivity contribution is 5.59. The van der Waals surface area contributed by atoms with Crippen LogP contribution in [0.2, 0.25) is 0 Å². The van der Waals surface area contributed by atoms with Gasteiger partial charge in [-0.3, -0.25) is 0 Å². The van der Waals surface area contributed by atoms with Crippen molar-refractivity contribution in [3.05, 3.63) is 0 Å². The van der Waals surface area contributed by atoms with Crippen LogP contribution in [0.3, 0.4) is 0 Å². The van der Waals surface area contributed by atoms with Gasteiger partial charge in [-0.1, -0.05) is 27.7 Å². The van der Waals surface area contributed by atoms with E-state index in [0.29, 0.717) is 19.1 Å². The summed E-state index contributed by atoms with van der Waals surface area (Å²) in [6.45, 7) is 6.70. The molecule has 4 unspecified atom stereocenters. The van der Waals surface area contributed by atoms with Gasteiger partial charge in [0.05, 0.1) is 24.2 Å². The summed E-state index contributed by atoms with van der Waals surface area (Å²) in [6, 6.07) is 0. The van der Waals surface area contributed by atoms with Crippen LogP contribution in [0.4, 0.5) is 0 Å². The first-order valence-corrected chi connectivity index (χ1v) is 5.74. The summed E-state index contributed by atoms with van der Waals surface area (Å²) in [5, 5.41) is 29.4. The van der Waals surface area contributed by atoms with E-state index < -0.39 is 23.0 Å². The van der Waals surface area contributed by atoms with Gasteiger partial charge in [0.2, 0.25) is 0 Å². The van der Waals surface area contributed by atoms with Gasteiger partial charge in [0.1, 0.15) is 6.29 Å². The molecular weight excluding hydrogens is 208 g/mol. The Kier molecular flexibility index (Phi) is 5.59. The van der Waals surface area contributed by atoms with E-state index in [2.05, 4.69) is 0 Å². The highest BCUT2D eigenvalue weighted by Crippen LogP contribution is 2.34. The molecule has 0 amide bonds. The van der Waals surface area contributed by atoms with E-state index in [9.17, 15) is 20.1 Å². The minimum atomic E-state index is -1.16. The second-order valence-corrected chi connectivity index (χ2v) is 5.03. The van der Waals surface area contributed by atoms with Crippen LogP contribution in [0.5, 0.6) is 0 Å². The molecule has 0 saturated heterocycles. The average molecular weight is 232 g/mol. The summed E-state index contributed by atoms with van der Waals surface area (Å²) in [7, 11) is 0. The predicted molar refractivity (Wildman–Crippen MR) is 62.0 cm³/mol. The van der Waals surface area contributed by atoms with Crippen LogP contribution in [0.25, 0.3) is 0 Å². The Bertz CT molecular complexity index is 225. The van der Waals surface area contributed by atoms with Gasteiger partial charge < -0.3 is 20.1 Å². The molecule has 4 atom stereocenters. The Morgan fingerprint density at radius 3 is 1.88 bits per heavy atom. The van der Waals surface area contributed by atoms with E-state index in [1.165, 1.54) is 0 Å². The van der Waals surface area contributed by atoms with Crippen molar-refractivity contribution < 1.29 is 20.1 Å². The van der Waals surface area contributed by atoms with E-state index in [-0.39, 0.29) is 6.61 Å². The molecule has 0 aliphatic rings. The molecule has 96 valence electrons. The molecule has 0 fully saturated rings. The van der Waals surface area contributed by atoms with Crippen molar-refractivity contribution >= 4 is 6.29 Å². The summed E-state index contributed by atoms with van der Waals surface area (Å²) in [4.78, 5) is 11.0. The minimum absolute atomic E-state index is 0.222. The number of rotatable bonds is 7. The van der Waals surface area contributed by atoms with Crippen LogP contribution in [0.15, 0.2) is 0 Å². The first kappa shape index (κ1) is 15.6. The number of aldehydes is 1. The number of carbonyl (C=O) groups excluding carboxylic acids is 1. The number of hydrogen-bond donors (Lipinski definition) is 3. The standard InChI is InChI=1S/C12H24O4/c1-5-11(3,7-13)9(15)10(16)12(4,6-2)8-14/h7,9-10,14-16H,5-6,8H2,1-4H3. The topological polar surface area (TPSA) is 77.8 Å². The molecule has 16 heavy (non-hydrogen) atoms. The third kappa shape index (κ3) is 2.81. The van der Waals surface area contributed by atoms with Gasteiger partial charge >= 0.3 is 0 Å². The highest BCUT2D eigenvalue weighted by Gasteiger charge is 2.43. The van der Waals surface area contributed by atoms with Crippen molar-refractivity contribution in [2.24, 2.45) is 10.8 Å². The maximum atomic E-state index is 11.0. The Morgan fingerprint density at radius 1 is 1.12 bits per heavy atom. The first-order valence-electron chi connectivity index (χ1n) is 5.74. The average Bonchev–Trinajstić information content (AvgIpc) is 2.34.